The van der Waals surface area contributed by atoms with Crippen LogP contribution in [0.3, 0.4) is 0 Å². The molecule has 3 unspecified atom stereocenters. The molecule has 60 heavy (non-hydrogen) atoms. The van der Waals surface area contributed by atoms with Gasteiger partial charge < -0.3 is 0 Å². The van der Waals surface area contributed by atoms with Gasteiger partial charge in [-0.2, -0.15) is 0 Å². The molecular formula is C57H53N3. The molecule has 3 nitrogen and oxygen atoms in total. The Morgan fingerprint density at radius 1 is 0.383 bits per heavy atom. The molecule has 0 spiro atoms. The third kappa shape index (κ3) is 9.87. The molecule has 296 valence electrons. The Labute approximate surface area is 361 Å². The molecule has 3 atom stereocenters. The summed E-state index contributed by atoms with van der Waals surface area (Å²) in [5.41, 5.74) is 12.9. The minimum atomic E-state index is -1.63. The van der Waals surface area contributed by atoms with E-state index in [9.17, 15) is 5.48 Å². The summed E-state index contributed by atoms with van der Waals surface area (Å²) in [6.07, 6.45) is 6.36. The Balaban J connectivity index is 0.993. The van der Waals surface area contributed by atoms with Gasteiger partial charge in [0.05, 0.1) is 17.1 Å². The van der Waals surface area contributed by atoms with Crippen molar-refractivity contribution in [2.75, 3.05) is 0 Å². The number of aromatic nitrogens is 3. The molecule has 0 amide bonds. The molecule has 0 aliphatic heterocycles. The van der Waals surface area contributed by atoms with Crippen LogP contribution in [-0.2, 0) is 19.3 Å². The Morgan fingerprint density at radius 3 is 1.35 bits per heavy atom. The van der Waals surface area contributed by atoms with Crippen molar-refractivity contribution in [3.05, 3.63) is 211 Å². The standard InChI is InChI=1S/C57H53N3/c1-5-13-47(14-6-1)48-29-31-49(32-30-48)54-38-57(52-19-11-4-12-20-52)60-41-53(54)28-25-46-36-44(23-21-42-26-33-55(58-39-42)50-15-7-2-8-16-50)35-45(37-46)24-22-43-27-34-56(59-40-43)51-17-9-3-10-18-51/h1-20,26-27,29-34,38-41,44-46H,21-25,28,35-37H2/i23D2,25D2. The molecule has 8 aromatic rings. The summed E-state index contributed by atoms with van der Waals surface area (Å²) >= 11 is 0. The lowest BCUT2D eigenvalue weighted by Gasteiger charge is -2.35. The zero-order valence-corrected chi connectivity index (χ0v) is 34.0. The van der Waals surface area contributed by atoms with E-state index in [1.165, 1.54) is 0 Å². The van der Waals surface area contributed by atoms with Crippen molar-refractivity contribution in [1.29, 1.82) is 0 Å². The number of nitrogens with zero attached hydrogens (tertiary/aromatic N) is 3. The molecule has 9 rings (SSSR count). The first-order chi connectivity index (χ1) is 31.2. The van der Waals surface area contributed by atoms with Crippen LogP contribution in [0.15, 0.2) is 195 Å². The quantitative estimate of drug-likeness (QED) is 0.110. The van der Waals surface area contributed by atoms with E-state index in [-0.39, 0.29) is 30.6 Å². The molecule has 0 N–H and O–H groups in total. The Morgan fingerprint density at radius 2 is 0.817 bits per heavy atom. The minimum absolute atomic E-state index is 0.143. The number of hydrogen-bond donors (Lipinski definition) is 0. The molecule has 0 radical (unpaired) electrons. The van der Waals surface area contributed by atoms with Crippen LogP contribution in [-0.4, -0.2) is 15.0 Å². The van der Waals surface area contributed by atoms with Gasteiger partial charge in [-0.15, -0.1) is 0 Å². The lowest BCUT2D eigenvalue weighted by Crippen LogP contribution is -2.24. The fourth-order valence-corrected chi connectivity index (χ4v) is 8.69. The maximum absolute atomic E-state index is 9.89. The summed E-state index contributed by atoms with van der Waals surface area (Å²) in [6, 6.07) is 59.6. The zero-order chi connectivity index (χ0) is 43.9. The maximum Gasteiger partial charge on any atom is 0.0708 e. The number of rotatable bonds is 14. The van der Waals surface area contributed by atoms with Crippen LogP contribution >= 0.6 is 0 Å². The van der Waals surface area contributed by atoms with Crippen LogP contribution in [0.25, 0.3) is 56.0 Å². The van der Waals surface area contributed by atoms with E-state index in [1.54, 1.807) is 0 Å². The lowest BCUT2D eigenvalue weighted by atomic mass is 9.70. The first kappa shape index (κ1) is 34.4. The normalized spacial score (nSPS) is 17.8. The fourth-order valence-electron chi connectivity index (χ4n) is 8.69. The van der Waals surface area contributed by atoms with Crippen molar-refractivity contribution >= 4 is 0 Å². The number of pyridine rings is 3. The molecule has 3 heterocycles. The van der Waals surface area contributed by atoms with Crippen LogP contribution in [0, 0.1) is 17.8 Å². The molecule has 3 aromatic heterocycles. The summed E-state index contributed by atoms with van der Waals surface area (Å²) in [5.74, 6) is -0.544. The molecule has 0 saturated heterocycles. The van der Waals surface area contributed by atoms with Crippen molar-refractivity contribution < 1.29 is 5.48 Å². The Hall–Kier alpha value is -6.45. The van der Waals surface area contributed by atoms with Crippen molar-refractivity contribution in [1.82, 2.24) is 15.0 Å². The molecule has 0 bridgehead atoms. The number of benzene rings is 5. The second-order valence-electron chi connectivity index (χ2n) is 16.1. The monoisotopic (exact) mass is 783 g/mol. The van der Waals surface area contributed by atoms with Crippen LogP contribution < -0.4 is 0 Å². The topological polar surface area (TPSA) is 38.7 Å². The van der Waals surface area contributed by atoms with E-state index in [4.69, 9.17) is 15.0 Å². The van der Waals surface area contributed by atoms with Gasteiger partial charge in [-0.3, -0.25) is 15.0 Å². The molecule has 1 fully saturated rings. The third-order valence-electron chi connectivity index (χ3n) is 12.0. The van der Waals surface area contributed by atoms with E-state index in [2.05, 4.69) is 78.9 Å². The van der Waals surface area contributed by atoms with E-state index in [0.29, 0.717) is 19.3 Å². The lowest BCUT2D eigenvalue weighted by molar-refractivity contribution is 0.172. The van der Waals surface area contributed by atoms with Crippen LogP contribution in [0.4, 0.5) is 0 Å². The van der Waals surface area contributed by atoms with Gasteiger partial charge in [-0.1, -0.05) is 158 Å². The highest BCUT2D eigenvalue weighted by molar-refractivity contribution is 5.75. The van der Waals surface area contributed by atoms with E-state index >= 15 is 0 Å². The van der Waals surface area contributed by atoms with E-state index in [0.717, 1.165) is 85.6 Å². The Kier molecular flexibility index (Phi) is 10.9. The predicted octanol–water partition coefficient (Wildman–Crippen LogP) is 14.4. The zero-order valence-electron chi connectivity index (χ0n) is 38.0. The van der Waals surface area contributed by atoms with Gasteiger partial charge in [-0.25, -0.2) is 0 Å². The third-order valence-corrected chi connectivity index (χ3v) is 12.0. The van der Waals surface area contributed by atoms with Crippen molar-refractivity contribution in [3.8, 4) is 56.0 Å². The molecular weight excluding hydrogens is 727 g/mol. The van der Waals surface area contributed by atoms with Crippen LogP contribution in [0.2, 0.25) is 0 Å². The minimum Gasteiger partial charge on any atom is -0.256 e. The van der Waals surface area contributed by atoms with Gasteiger partial charge in [0.1, 0.15) is 0 Å². The van der Waals surface area contributed by atoms with E-state index in [1.807, 2.05) is 116 Å². The highest BCUT2D eigenvalue weighted by atomic mass is 14.7. The van der Waals surface area contributed by atoms with E-state index < -0.39 is 12.7 Å². The van der Waals surface area contributed by atoms with Gasteiger partial charge in [0, 0.05) is 40.8 Å². The van der Waals surface area contributed by atoms with Crippen LogP contribution in [0.5, 0.6) is 0 Å². The van der Waals surface area contributed by atoms with Crippen molar-refractivity contribution in [3.63, 3.8) is 0 Å². The second-order valence-corrected chi connectivity index (χ2v) is 16.1. The highest BCUT2D eigenvalue weighted by Gasteiger charge is 2.29. The van der Waals surface area contributed by atoms with Gasteiger partial charge in [0.25, 0.3) is 0 Å². The summed E-state index contributed by atoms with van der Waals surface area (Å²) < 4.78 is 39.0. The molecule has 5 aromatic carbocycles. The predicted molar refractivity (Wildman–Crippen MR) is 249 cm³/mol. The van der Waals surface area contributed by atoms with Crippen molar-refractivity contribution in [2.45, 2.75) is 57.7 Å². The highest BCUT2D eigenvalue weighted by Crippen LogP contribution is 2.41. The summed E-state index contributed by atoms with van der Waals surface area (Å²) in [6.45, 7) is 0. The number of hydrogen-bond acceptors (Lipinski definition) is 3. The summed E-state index contributed by atoms with van der Waals surface area (Å²) in [4.78, 5) is 14.4. The van der Waals surface area contributed by atoms with Gasteiger partial charge in [0.2, 0.25) is 0 Å². The van der Waals surface area contributed by atoms with Gasteiger partial charge in [0.15, 0.2) is 0 Å². The molecule has 1 saturated carbocycles. The van der Waals surface area contributed by atoms with Crippen molar-refractivity contribution in [2.24, 2.45) is 17.8 Å². The largest absolute Gasteiger partial charge is 0.256 e. The first-order valence-corrected chi connectivity index (χ1v) is 21.4. The molecule has 3 heteroatoms. The first-order valence-electron chi connectivity index (χ1n) is 23.4. The molecule has 1 aliphatic rings. The number of aryl methyl sites for hydroxylation is 3. The van der Waals surface area contributed by atoms with Crippen LogP contribution in [0.1, 0.15) is 60.6 Å². The van der Waals surface area contributed by atoms with Gasteiger partial charge in [-0.05, 0) is 133 Å². The Bertz CT molecular complexity index is 2730. The van der Waals surface area contributed by atoms with Gasteiger partial charge >= 0.3 is 0 Å². The summed E-state index contributed by atoms with van der Waals surface area (Å²) in [5, 5.41) is 0. The second kappa shape index (κ2) is 19.1. The smallest absolute Gasteiger partial charge is 0.0708 e. The summed E-state index contributed by atoms with van der Waals surface area (Å²) in [7, 11) is 0. The molecule has 1 aliphatic carbocycles. The average molecular weight is 784 g/mol. The maximum atomic E-state index is 9.89. The average Bonchev–Trinajstić information content (AvgIpc) is 3.35. The SMILES string of the molecule is [2H]C([2H])(Cc1ccc(-c2ccccc2)nc1)C1CC(CCc2ccc(-c3ccccc3)nc2)CC(C([2H])([2H])Cc2cnc(-c3ccccc3)cc2-c2ccc(-c3ccccc3)cc2)C1. The fraction of sp³-hybridized carbons (Fsp3) is 0.211.